The first-order valence-corrected chi connectivity index (χ1v) is 8.98. The maximum absolute atomic E-state index is 12.2. The first-order valence-electron chi connectivity index (χ1n) is 8.17. The second-order valence-electron chi connectivity index (χ2n) is 5.92. The highest BCUT2D eigenvalue weighted by Gasteiger charge is 2.16. The summed E-state index contributed by atoms with van der Waals surface area (Å²) >= 11 is 1.14. The van der Waals surface area contributed by atoms with Crippen LogP contribution in [0.5, 0.6) is 5.75 Å². The summed E-state index contributed by atoms with van der Waals surface area (Å²) in [5.41, 5.74) is 1.36. The fourth-order valence-corrected chi connectivity index (χ4v) is 3.49. The highest BCUT2D eigenvalue weighted by atomic mass is 32.1. The van der Waals surface area contributed by atoms with E-state index in [9.17, 15) is 19.7 Å². The number of amides is 1. The molecule has 1 heterocycles. The molecular formula is C19H16N2O6S. The highest BCUT2D eigenvalue weighted by molar-refractivity contribution is 7.20. The third kappa shape index (κ3) is 4.26. The summed E-state index contributed by atoms with van der Waals surface area (Å²) in [5.74, 6) is -0.680. The summed E-state index contributed by atoms with van der Waals surface area (Å²) in [6, 6.07) is 11.2. The Morgan fingerprint density at radius 3 is 2.68 bits per heavy atom. The van der Waals surface area contributed by atoms with E-state index in [-0.39, 0.29) is 10.6 Å². The number of carbonyl (C=O) groups is 2. The Hall–Kier alpha value is -3.46. The molecule has 0 atom stereocenters. The van der Waals surface area contributed by atoms with E-state index in [1.54, 1.807) is 18.2 Å². The molecule has 0 saturated heterocycles. The first kappa shape index (κ1) is 19.3. The van der Waals surface area contributed by atoms with Crippen LogP contribution < -0.4 is 10.1 Å². The van der Waals surface area contributed by atoms with Crippen molar-refractivity contribution >= 4 is 44.7 Å². The van der Waals surface area contributed by atoms with Gasteiger partial charge < -0.3 is 14.8 Å². The number of methoxy groups -OCH3 is 1. The number of nitro groups is 1. The van der Waals surface area contributed by atoms with Gasteiger partial charge in [0.05, 0.1) is 17.7 Å². The van der Waals surface area contributed by atoms with Gasteiger partial charge in [0.2, 0.25) is 0 Å². The van der Waals surface area contributed by atoms with Gasteiger partial charge in [0.15, 0.2) is 6.61 Å². The number of aryl methyl sites for hydroxylation is 1. The summed E-state index contributed by atoms with van der Waals surface area (Å²) in [7, 11) is 1.49. The number of nitrogens with one attached hydrogen (secondary N) is 1. The van der Waals surface area contributed by atoms with Crippen LogP contribution in [0.2, 0.25) is 0 Å². The summed E-state index contributed by atoms with van der Waals surface area (Å²) in [5, 5.41) is 14.1. The van der Waals surface area contributed by atoms with Gasteiger partial charge >= 0.3 is 5.97 Å². The average molecular weight is 400 g/mol. The maximum Gasteiger partial charge on any atom is 0.348 e. The molecule has 0 aliphatic rings. The molecule has 0 fully saturated rings. The van der Waals surface area contributed by atoms with E-state index in [0.717, 1.165) is 16.9 Å². The molecule has 0 unspecified atom stereocenters. The van der Waals surface area contributed by atoms with E-state index in [4.69, 9.17) is 9.47 Å². The zero-order chi connectivity index (χ0) is 20.3. The number of benzene rings is 2. The molecule has 0 bridgehead atoms. The molecule has 3 rings (SSSR count). The molecule has 0 spiro atoms. The van der Waals surface area contributed by atoms with Crippen molar-refractivity contribution in [2.45, 2.75) is 6.92 Å². The van der Waals surface area contributed by atoms with Gasteiger partial charge in [-0.2, -0.15) is 0 Å². The van der Waals surface area contributed by atoms with Gasteiger partial charge in [-0.25, -0.2) is 4.79 Å². The van der Waals surface area contributed by atoms with E-state index in [1.165, 1.54) is 25.3 Å². The number of anilines is 1. The molecule has 3 aromatic rings. The molecule has 1 N–H and O–H groups in total. The van der Waals surface area contributed by atoms with Crippen LogP contribution in [-0.4, -0.2) is 30.5 Å². The second kappa shape index (κ2) is 8.05. The minimum absolute atomic E-state index is 0.0586. The molecule has 2 aromatic carbocycles. The van der Waals surface area contributed by atoms with Crippen molar-refractivity contribution in [2.24, 2.45) is 0 Å². The van der Waals surface area contributed by atoms with Crippen molar-refractivity contribution in [3.8, 4) is 5.75 Å². The quantitative estimate of drug-likeness (QED) is 0.382. The monoisotopic (exact) mass is 400 g/mol. The number of nitrogens with zero attached hydrogens (tertiary/aromatic N) is 1. The SMILES string of the molecule is COc1ccc(C)cc1NC(=O)COC(=O)c1cc2cc([N+](=O)[O-])ccc2s1. The Kier molecular flexibility index (Phi) is 5.55. The van der Waals surface area contributed by atoms with Crippen LogP contribution in [0.15, 0.2) is 42.5 Å². The lowest BCUT2D eigenvalue weighted by Gasteiger charge is -2.11. The summed E-state index contributed by atoms with van der Waals surface area (Å²) in [4.78, 5) is 34.9. The third-order valence-electron chi connectivity index (χ3n) is 3.88. The smallest absolute Gasteiger partial charge is 0.348 e. The number of nitro benzene ring substituents is 1. The minimum Gasteiger partial charge on any atom is -0.495 e. The van der Waals surface area contributed by atoms with Crippen LogP contribution in [0.3, 0.4) is 0 Å². The molecular weight excluding hydrogens is 384 g/mol. The average Bonchev–Trinajstić information content (AvgIpc) is 3.09. The molecule has 0 radical (unpaired) electrons. The highest BCUT2D eigenvalue weighted by Crippen LogP contribution is 2.29. The van der Waals surface area contributed by atoms with E-state index < -0.39 is 23.4 Å². The van der Waals surface area contributed by atoms with Crippen molar-refractivity contribution in [1.29, 1.82) is 0 Å². The Morgan fingerprint density at radius 1 is 1.18 bits per heavy atom. The minimum atomic E-state index is -0.671. The zero-order valence-corrected chi connectivity index (χ0v) is 15.9. The van der Waals surface area contributed by atoms with Crippen molar-refractivity contribution in [2.75, 3.05) is 19.0 Å². The molecule has 0 saturated carbocycles. The summed E-state index contributed by atoms with van der Waals surface area (Å²) in [6.45, 7) is 1.41. The standard InChI is InChI=1S/C19H16N2O6S/c1-11-3-5-15(26-2)14(7-11)20-18(22)10-27-19(23)17-9-12-8-13(21(24)25)4-6-16(12)28-17/h3-9H,10H2,1-2H3,(H,20,22). The van der Waals surface area contributed by atoms with Gasteiger partial charge in [-0.1, -0.05) is 6.07 Å². The van der Waals surface area contributed by atoms with Crippen molar-refractivity contribution in [3.63, 3.8) is 0 Å². The Balaban J connectivity index is 1.65. The molecule has 0 aliphatic heterocycles. The van der Waals surface area contributed by atoms with Gasteiger partial charge in [0.25, 0.3) is 11.6 Å². The van der Waals surface area contributed by atoms with E-state index in [0.29, 0.717) is 21.5 Å². The number of carbonyl (C=O) groups excluding carboxylic acids is 2. The van der Waals surface area contributed by atoms with Crippen molar-refractivity contribution in [3.05, 3.63) is 63.0 Å². The van der Waals surface area contributed by atoms with Gasteiger partial charge in [-0.05, 0) is 36.8 Å². The largest absolute Gasteiger partial charge is 0.495 e. The Morgan fingerprint density at radius 2 is 1.96 bits per heavy atom. The molecule has 8 nitrogen and oxygen atoms in total. The lowest BCUT2D eigenvalue weighted by atomic mass is 10.2. The predicted molar refractivity (Wildman–Crippen MR) is 105 cm³/mol. The Bertz CT molecular complexity index is 1080. The van der Waals surface area contributed by atoms with Gasteiger partial charge in [-0.15, -0.1) is 11.3 Å². The number of rotatable bonds is 6. The summed E-state index contributed by atoms with van der Waals surface area (Å²) < 4.78 is 11.0. The molecule has 144 valence electrons. The lowest BCUT2D eigenvalue weighted by molar-refractivity contribution is -0.384. The second-order valence-corrected chi connectivity index (χ2v) is 7.00. The maximum atomic E-state index is 12.2. The normalized spacial score (nSPS) is 10.5. The fourth-order valence-electron chi connectivity index (χ4n) is 2.55. The topological polar surface area (TPSA) is 108 Å². The lowest BCUT2D eigenvalue weighted by Crippen LogP contribution is -2.21. The van der Waals surface area contributed by atoms with Crippen LogP contribution in [0, 0.1) is 17.0 Å². The molecule has 1 amide bonds. The zero-order valence-electron chi connectivity index (χ0n) is 15.1. The molecule has 0 aliphatic carbocycles. The van der Waals surface area contributed by atoms with Crippen LogP contribution in [-0.2, 0) is 9.53 Å². The van der Waals surface area contributed by atoms with Crippen LogP contribution in [0.4, 0.5) is 11.4 Å². The van der Waals surface area contributed by atoms with E-state index >= 15 is 0 Å². The number of ether oxygens (including phenoxy) is 2. The first-order chi connectivity index (χ1) is 13.4. The predicted octanol–water partition coefficient (Wildman–Crippen LogP) is 3.92. The molecule has 28 heavy (non-hydrogen) atoms. The Labute approximate surface area is 163 Å². The summed E-state index contributed by atoms with van der Waals surface area (Å²) in [6.07, 6.45) is 0. The van der Waals surface area contributed by atoms with Crippen LogP contribution in [0.25, 0.3) is 10.1 Å². The van der Waals surface area contributed by atoms with Crippen molar-refractivity contribution in [1.82, 2.24) is 0 Å². The molecule has 1 aromatic heterocycles. The number of thiophene rings is 1. The van der Waals surface area contributed by atoms with Crippen molar-refractivity contribution < 1.29 is 24.0 Å². The van der Waals surface area contributed by atoms with Gasteiger partial charge in [-0.3, -0.25) is 14.9 Å². The van der Waals surface area contributed by atoms with E-state index in [2.05, 4.69) is 5.32 Å². The number of non-ortho nitro benzene ring substituents is 1. The van der Waals surface area contributed by atoms with Crippen LogP contribution in [0.1, 0.15) is 15.2 Å². The number of hydrogen-bond acceptors (Lipinski definition) is 7. The third-order valence-corrected chi connectivity index (χ3v) is 4.97. The van der Waals surface area contributed by atoms with E-state index in [1.807, 2.05) is 13.0 Å². The van der Waals surface area contributed by atoms with Gasteiger partial charge in [0, 0.05) is 22.2 Å². The number of esters is 1. The number of fused-ring (bicyclic) bond motifs is 1. The molecule has 9 heteroatoms. The fraction of sp³-hybridized carbons (Fsp3) is 0.158. The van der Waals surface area contributed by atoms with Crippen LogP contribution >= 0.6 is 11.3 Å². The van der Waals surface area contributed by atoms with Gasteiger partial charge in [0.1, 0.15) is 10.6 Å². The number of hydrogen-bond donors (Lipinski definition) is 1.